The maximum Gasteiger partial charge on any atom is 0.193 e. The van der Waals surface area contributed by atoms with Gasteiger partial charge in [0, 0.05) is 44.7 Å². The number of hydrogen-bond donors (Lipinski definition) is 1. The number of likely N-dealkylation sites (tertiary alicyclic amines) is 1. The van der Waals surface area contributed by atoms with E-state index in [-0.39, 0.29) is 0 Å². The summed E-state index contributed by atoms with van der Waals surface area (Å²) in [6.07, 6.45) is 3.52. The van der Waals surface area contributed by atoms with Gasteiger partial charge < -0.3 is 19.9 Å². The molecule has 5 heteroatoms. The van der Waals surface area contributed by atoms with Crippen LogP contribution in [0.3, 0.4) is 0 Å². The molecule has 5 nitrogen and oxygen atoms in total. The number of hydrogen-bond acceptors (Lipinski definition) is 3. The third kappa shape index (κ3) is 5.21. The second kappa shape index (κ2) is 9.38. The van der Waals surface area contributed by atoms with Crippen LogP contribution < -0.4 is 5.32 Å². The Morgan fingerprint density at radius 3 is 2.88 bits per heavy atom. The van der Waals surface area contributed by atoms with E-state index >= 15 is 0 Å². The van der Waals surface area contributed by atoms with Gasteiger partial charge in [-0.2, -0.15) is 0 Å². The van der Waals surface area contributed by atoms with Gasteiger partial charge in [-0.1, -0.05) is 30.3 Å². The molecule has 2 saturated heterocycles. The van der Waals surface area contributed by atoms with Gasteiger partial charge in [0.25, 0.3) is 0 Å². The SMILES string of the molecule is CCNC(=NCCCN(C)Cc1ccccc1)N1CCC2(CCOC2)C1. The van der Waals surface area contributed by atoms with Gasteiger partial charge in [-0.3, -0.25) is 4.99 Å². The first-order valence-corrected chi connectivity index (χ1v) is 10.0. The summed E-state index contributed by atoms with van der Waals surface area (Å²) in [6, 6.07) is 10.7. The molecule has 0 radical (unpaired) electrons. The predicted molar refractivity (Wildman–Crippen MR) is 107 cm³/mol. The third-order valence-corrected chi connectivity index (χ3v) is 5.51. The molecule has 0 aliphatic carbocycles. The highest BCUT2D eigenvalue weighted by Crippen LogP contribution is 2.38. The zero-order valence-corrected chi connectivity index (χ0v) is 16.4. The van der Waals surface area contributed by atoms with Crippen LogP contribution in [-0.4, -0.2) is 68.7 Å². The van der Waals surface area contributed by atoms with Crippen LogP contribution in [0.2, 0.25) is 0 Å². The Balaban J connectivity index is 1.44. The molecule has 3 rings (SSSR count). The first kappa shape index (κ1) is 19.2. The predicted octanol–water partition coefficient (Wildman–Crippen LogP) is 2.59. The van der Waals surface area contributed by atoms with Crippen LogP contribution in [0.1, 0.15) is 31.7 Å². The summed E-state index contributed by atoms with van der Waals surface area (Å²) in [5.41, 5.74) is 1.75. The fourth-order valence-corrected chi connectivity index (χ4v) is 4.01. The van der Waals surface area contributed by atoms with E-state index in [1.54, 1.807) is 0 Å². The monoisotopic (exact) mass is 358 g/mol. The van der Waals surface area contributed by atoms with Crippen molar-refractivity contribution in [2.45, 2.75) is 32.7 Å². The van der Waals surface area contributed by atoms with Crippen molar-refractivity contribution in [2.75, 3.05) is 53.0 Å². The summed E-state index contributed by atoms with van der Waals surface area (Å²) in [4.78, 5) is 9.70. The van der Waals surface area contributed by atoms with Crippen molar-refractivity contribution in [3.63, 3.8) is 0 Å². The smallest absolute Gasteiger partial charge is 0.193 e. The Hall–Kier alpha value is -1.59. The zero-order chi connectivity index (χ0) is 18.2. The quantitative estimate of drug-likeness (QED) is 0.462. The molecule has 1 atom stereocenters. The van der Waals surface area contributed by atoms with Crippen LogP contribution in [0.4, 0.5) is 0 Å². The van der Waals surface area contributed by atoms with Crippen LogP contribution in [0.15, 0.2) is 35.3 Å². The molecule has 144 valence electrons. The Morgan fingerprint density at radius 2 is 2.15 bits per heavy atom. The number of guanidine groups is 1. The lowest BCUT2D eigenvalue weighted by Gasteiger charge is -2.25. The summed E-state index contributed by atoms with van der Waals surface area (Å²) in [5.74, 6) is 1.09. The number of ether oxygens (including phenoxy) is 1. The van der Waals surface area contributed by atoms with Crippen LogP contribution in [0, 0.1) is 5.41 Å². The molecule has 1 aromatic carbocycles. The standard InChI is InChI=1S/C21H34N4O/c1-3-22-20(25-14-10-21(17-25)11-15-26-18-21)23-12-7-13-24(2)16-19-8-5-4-6-9-19/h4-6,8-9H,3,7,10-18H2,1-2H3,(H,22,23). The highest BCUT2D eigenvalue weighted by molar-refractivity contribution is 5.80. The molecule has 1 unspecified atom stereocenters. The summed E-state index contributed by atoms with van der Waals surface area (Å²) in [5, 5.41) is 3.48. The van der Waals surface area contributed by atoms with E-state index in [1.165, 1.54) is 18.4 Å². The minimum absolute atomic E-state index is 0.381. The van der Waals surface area contributed by atoms with Crippen molar-refractivity contribution < 1.29 is 4.74 Å². The fraction of sp³-hybridized carbons (Fsp3) is 0.667. The largest absolute Gasteiger partial charge is 0.381 e. The summed E-state index contributed by atoms with van der Waals surface area (Å²) < 4.78 is 5.65. The minimum Gasteiger partial charge on any atom is -0.381 e. The van der Waals surface area contributed by atoms with Gasteiger partial charge in [0.2, 0.25) is 0 Å². The molecule has 0 saturated carbocycles. The second-order valence-electron chi connectivity index (χ2n) is 7.79. The Bertz CT molecular complexity index is 569. The Kier molecular flexibility index (Phi) is 6.92. The lowest BCUT2D eigenvalue weighted by atomic mass is 9.87. The van der Waals surface area contributed by atoms with Crippen LogP contribution in [0.25, 0.3) is 0 Å². The van der Waals surface area contributed by atoms with Crippen molar-refractivity contribution in [1.82, 2.24) is 15.1 Å². The average Bonchev–Trinajstić information content (AvgIpc) is 3.29. The van der Waals surface area contributed by atoms with Gasteiger partial charge in [0.1, 0.15) is 0 Å². The van der Waals surface area contributed by atoms with Crippen LogP contribution in [0.5, 0.6) is 0 Å². The van der Waals surface area contributed by atoms with Crippen molar-refractivity contribution in [3.05, 3.63) is 35.9 Å². The van der Waals surface area contributed by atoms with Crippen molar-refractivity contribution in [1.29, 1.82) is 0 Å². The summed E-state index contributed by atoms with van der Waals surface area (Å²) in [6.45, 7) is 10.1. The van der Waals surface area contributed by atoms with Gasteiger partial charge in [0.05, 0.1) is 6.61 Å². The van der Waals surface area contributed by atoms with E-state index in [1.807, 2.05) is 0 Å². The molecule has 2 fully saturated rings. The molecule has 26 heavy (non-hydrogen) atoms. The molecule has 2 heterocycles. The molecule has 2 aliphatic heterocycles. The number of nitrogens with zero attached hydrogens (tertiary/aromatic N) is 3. The second-order valence-corrected chi connectivity index (χ2v) is 7.79. The molecular weight excluding hydrogens is 324 g/mol. The third-order valence-electron chi connectivity index (χ3n) is 5.51. The topological polar surface area (TPSA) is 40.1 Å². The van der Waals surface area contributed by atoms with Crippen molar-refractivity contribution in [3.8, 4) is 0 Å². The van der Waals surface area contributed by atoms with E-state index < -0.39 is 0 Å². The normalized spacial score (nSPS) is 23.3. The molecule has 2 aliphatic rings. The zero-order valence-electron chi connectivity index (χ0n) is 16.4. The molecule has 1 spiro atoms. The van der Waals surface area contributed by atoms with E-state index in [2.05, 4.69) is 59.4 Å². The maximum absolute atomic E-state index is 5.65. The molecule has 0 amide bonds. The van der Waals surface area contributed by atoms with Gasteiger partial charge in [0.15, 0.2) is 5.96 Å². The summed E-state index contributed by atoms with van der Waals surface area (Å²) in [7, 11) is 2.19. The fourth-order valence-electron chi connectivity index (χ4n) is 4.01. The van der Waals surface area contributed by atoms with Crippen LogP contribution >= 0.6 is 0 Å². The summed E-state index contributed by atoms with van der Waals surface area (Å²) >= 11 is 0. The minimum atomic E-state index is 0.381. The molecule has 1 aromatic rings. The number of nitrogens with one attached hydrogen (secondary N) is 1. The van der Waals surface area contributed by atoms with Gasteiger partial charge in [-0.25, -0.2) is 0 Å². The lowest BCUT2D eigenvalue weighted by molar-refractivity contribution is 0.156. The highest BCUT2D eigenvalue weighted by atomic mass is 16.5. The first-order valence-electron chi connectivity index (χ1n) is 10.0. The van der Waals surface area contributed by atoms with Gasteiger partial charge in [-0.15, -0.1) is 0 Å². The molecular formula is C21H34N4O. The van der Waals surface area contributed by atoms with Crippen LogP contribution in [-0.2, 0) is 11.3 Å². The van der Waals surface area contributed by atoms with Crippen molar-refractivity contribution in [2.24, 2.45) is 10.4 Å². The lowest BCUT2D eigenvalue weighted by Crippen LogP contribution is -2.41. The number of aliphatic imine (C=N–C) groups is 1. The van der Waals surface area contributed by atoms with E-state index in [0.29, 0.717) is 5.41 Å². The molecule has 0 aromatic heterocycles. The van der Waals surface area contributed by atoms with Gasteiger partial charge in [-0.05, 0) is 45.3 Å². The number of benzene rings is 1. The van der Waals surface area contributed by atoms with E-state index in [4.69, 9.17) is 9.73 Å². The van der Waals surface area contributed by atoms with Crippen molar-refractivity contribution >= 4 is 5.96 Å². The first-order chi connectivity index (χ1) is 12.7. The Labute approximate surface area is 158 Å². The number of rotatable bonds is 7. The molecule has 0 bridgehead atoms. The van der Waals surface area contributed by atoms with E-state index in [9.17, 15) is 0 Å². The Morgan fingerprint density at radius 1 is 1.31 bits per heavy atom. The highest BCUT2D eigenvalue weighted by Gasteiger charge is 2.42. The average molecular weight is 359 g/mol. The van der Waals surface area contributed by atoms with E-state index in [0.717, 1.165) is 64.9 Å². The maximum atomic E-state index is 5.65. The molecule has 1 N–H and O–H groups in total. The van der Waals surface area contributed by atoms with Gasteiger partial charge >= 0.3 is 0 Å².